The third-order valence-corrected chi connectivity index (χ3v) is 3.69. The monoisotopic (exact) mass is 255 g/mol. The largest absolute Gasteiger partial charge is 0.301 e. The number of rotatable bonds is 4. The van der Waals surface area contributed by atoms with Crippen molar-refractivity contribution < 1.29 is 0 Å². The number of aryl methyl sites for hydroxylation is 1. The second-order valence-corrected chi connectivity index (χ2v) is 4.99. The minimum absolute atomic E-state index is 0.732. The van der Waals surface area contributed by atoms with Crippen LogP contribution in [0.25, 0.3) is 0 Å². The number of thiophene rings is 1. The highest BCUT2D eigenvalue weighted by atomic mass is 32.1. The third-order valence-electron chi connectivity index (χ3n) is 2.72. The zero-order chi connectivity index (χ0) is 12.6. The molecule has 0 saturated heterocycles. The number of hydrogen-bond donors (Lipinski definition) is 1. The van der Waals surface area contributed by atoms with Crippen molar-refractivity contribution in [3.8, 4) is 11.8 Å². The fourth-order valence-corrected chi connectivity index (χ4v) is 2.69. The predicted molar refractivity (Wildman–Crippen MR) is 78.7 cm³/mol. The van der Waals surface area contributed by atoms with Crippen LogP contribution >= 0.6 is 11.3 Å². The minimum Gasteiger partial charge on any atom is -0.301 e. The minimum atomic E-state index is 0.732. The molecule has 1 aromatic carbocycles. The Morgan fingerprint density at radius 3 is 2.78 bits per heavy atom. The van der Waals surface area contributed by atoms with Gasteiger partial charge in [-0.1, -0.05) is 37.0 Å². The van der Waals surface area contributed by atoms with E-state index < -0.39 is 0 Å². The van der Waals surface area contributed by atoms with Crippen molar-refractivity contribution in [2.45, 2.75) is 19.9 Å². The Balaban J connectivity index is 1.79. The van der Waals surface area contributed by atoms with Crippen LogP contribution < -0.4 is 5.32 Å². The van der Waals surface area contributed by atoms with Crippen LogP contribution in [0.5, 0.6) is 0 Å². The van der Waals surface area contributed by atoms with Gasteiger partial charge in [0, 0.05) is 17.0 Å². The molecule has 1 aromatic heterocycles. The molecule has 1 heterocycles. The normalized spacial score (nSPS) is 9.83. The van der Waals surface area contributed by atoms with Crippen LogP contribution in [0.15, 0.2) is 41.8 Å². The summed E-state index contributed by atoms with van der Waals surface area (Å²) in [5.41, 5.74) is 2.52. The van der Waals surface area contributed by atoms with E-state index in [1.54, 1.807) is 0 Å². The Kier molecular flexibility index (Phi) is 5.01. The molecule has 0 unspecified atom stereocenters. The molecule has 0 aliphatic carbocycles. The van der Waals surface area contributed by atoms with Crippen molar-refractivity contribution in [1.29, 1.82) is 0 Å². The lowest BCUT2D eigenvalue weighted by Gasteiger charge is -2.00. The molecule has 92 valence electrons. The first-order chi connectivity index (χ1) is 8.90. The molecule has 18 heavy (non-hydrogen) atoms. The molecular formula is C16H17NS. The van der Waals surface area contributed by atoms with E-state index in [9.17, 15) is 0 Å². The highest BCUT2D eigenvalue weighted by molar-refractivity contribution is 7.10. The second kappa shape index (κ2) is 7.00. The van der Waals surface area contributed by atoms with E-state index in [1.807, 2.05) is 41.7 Å². The number of nitrogens with one attached hydrogen (secondary N) is 1. The van der Waals surface area contributed by atoms with Crippen LogP contribution in [-0.2, 0) is 13.0 Å². The van der Waals surface area contributed by atoms with E-state index in [0.717, 1.165) is 25.1 Å². The molecule has 0 radical (unpaired) electrons. The maximum Gasteiger partial charge on any atom is 0.0583 e. The average Bonchev–Trinajstić information content (AvgIpc) is 2.87. The molecule has 0 aliphatic heterocycles. The quantitative estimate of drug-likeness (QED) is 0.652. The summed E-state index contributed by atoms with van der Waals surface area (Å²) in [5.74, 6) is 6.29. The van der Waals surface area contributed by atoms with E-state index in [4.69, 9.17) is 0 Å². The van der Waals surface area contributed by atoms with Gasteiger partial charge in [-0.2, -0.15) is 0 Å². The van der Waals surface area contributed by atoms with E-state index in [-0.39, 0.29) is 0 Å². The van der Waals surface area contributed by atoms with Crippen molar-refractivity contribution in [2.75, 3.05) is 6.54 Å². The fraction of sp³-hybridized carbons (Fsp3) is 0.250. The molecule has 0 bridgehead atoms. The van der Waals surface area contributed by atoms with Crippen molar-refractivity contribution in [2.24, 2.45) is 0 Å². The second-order valence-electron chi connectivity index (χ2n) is 3.99. The summed E-state index contributed by atoms with van der Waals surface area (Å²) in [4.78, 5) is 1.43. The first-order valence-corrected chi connectivity index (χ1v) is 7.08. The highest BCUT2D eigenvalue weighted by Gasteiger charge is 2.00. The standard InChI is InChI=1S/C16H17NS/c1-2-15-10-12-18-16(15)13-17-11-6-9-14-7-4-3-5-8-14/h3-5,7-8,10,12,17H,2,11,13H2,1H3. The maximum atomic E-state index is 3.37. The molecule has 0 atom stereocenters. The van der Waals surface area contributed by atoms with Gasteiger partial charge in [0.1, 0.15) is 0 Å². The van der Waals surface area contributed by atoms with Gasteiger partial charge in [0.15, 0.2) is 0 Å². The SMILES string of the molecule is CCc1ccsc1CNCC#Cc1ccccc1. The first kappa shape index (κ1) is 12.9. The summed E-state index contributed by atoms with van der Waals surface area (Å²) in [6, 6.07) is 12.3. The topological polar surface area (TPSA) is 12.0 Å². The zero-order valence-corrected chi connectivity index (χ0v) is 11.4. The van der Waals surface area contributed by atoms with Crippen LogP contribution in [0, 0.1) is 11.8 Å². The van der Waals surface area contributed by atoms with Gasteiger partial charge in [0.25, 0.3) is 0 Å². The Bertz CT molecular complexity index is 531. The van der Waals surface area contributed by atoms with E-state index in [0.29, 0.717) is 0 Å². The Morgan fingerprint density at radius 2 is 2.00 bits per heavy atom. The van der Waals surface area contributed by atoms with Gasteiger partial charge in [0.05, 0.1) is 6.54 Å². The van der Waals surface area contributed by atoms with Crippen LogP contribution in [0.1, 0.15) is 22.9 Å². The van der Waals surface area contributed by atoms with Gasteiger partial charge in [-0.15, -0.1) is 11.3 Å². The first-order valence-electron chi connectivity index (χ1n) is 6.20. The smallest absolute Gasteiger partial charge is 0.0583 e. The van der Waals surface area contributed by atoms with Gasteiger partial charge in [-0.3, -0.25) is 0 Å². The van der Waals surface area contributed by atoms with Crippen LogP contribution in [-0.4, -0.2) is 6.54 Å². The maximum absolute atomic E-state index is 3.37. The predicted octanol–water partition coefficient (Wildman–Crippen LogP) is 3.45. The zero-order valence-electron chi connectivity index (χ0n) is 10.6. The Labute approximate surface area is 113 Å². The van der Waals surface area contributed by atoms with Crippen molar-refractivity contribution in [3.05, 3.63) is 57.8 Å². The Hall–Kier alpha value is -1.56. The summed E-state index contributed by atoms with van der Waals surface area (Å²) in [6.07, 6.45) is 1.11. The molecular weight excluding hydrogens is 238 g/mol. The highest BCUT2D eigenvalue weighted by Crippen LogP contribution is 2.16. The fourth-order valence-electron chi connectivity index (χ4n) is 1.74. The van der Waals surface area contributed by atoms with Crippen molar-refractivity contribution >= 4 is 11.3 Å². The lowest BCUT2D eigenvalue weighted by Crippen LogP contribution is -2.13. The lowest BCUT2D eigenvalue weighted by atomic mass is 10.2. The summed E-state index contributed by atoms with van der Waals surface area (Å²) in [7, 11) is 0. The molecule has 2 heteroatoms. The van der Waals surface area contributed by atoms with Gasteiger partial charge in [-0.25, -0.2) is 0 Å². The summed E-state index contributed by atoms with van der Waals surface area (Å²) in [5, 5.41) is 5.53. The van der Waals surface area contributed by atoms with E-state index >= 15 is 0 Å². The molecule has 2 aromatic rings. The molecule has 0 amide bonds. The summed E-state index contributed by atoms with van der Waals surface area (Å²) in [6.45, 7) is 3.85. The molecule has 1 N–H and O–H groups in total. The molecule has 0 saturated carbocycles. The van der Waals surface area contributed by atoms with Gasteiger partial charge >= 0.3 is 0 Å². The van der Waals surface area contributed by atoms with Gasteiger partial charge < -0.3 is 5.32 Å². The Morgan fingerprint density at radius 1 is 1.17 bits per heavy atom. The molecule has 0 spiro atoms. The van der Waals surface area contributed by atoms with Crippen LogP contribution in [0.2, 0.25) is 0 Å². The van der Waals surface area contributed by atoms with Crippen LogP contribution in [0.4, 0.5) is 0 Å². The van der Waals surface area contributed by atoms with E-state index in [2.05, 4.69) is 35.5 Å². The van der Waals surface area contributed by atoms with Crippen LogP contribution in [0.3, 0.4) is 0 Å². The molecule has 2 rings (SSSR count). The number of hydrogen-bond acceptors (Lipinski definition) is 2. The van der Waals surface area contributed by atoms with E-state index in [1.165, 1.54) is 10.4 Å². The molecule has 0 aliphatic rings. The van der Waals surface area contributed by atoms with Crippen molar-refractivity contribution in [3.63, 3.8) is 0 Å². The lowest BCUT2D eigenvalue weighted by molar-refractivity contribution is 0.774. The van der Waals surface area contributed by atoms with Gasteiger partial charge in [-0.05, 0) is 35.6 Å². The molecule has 0 fully saturated rings. The third kappa shape index (κ3) is 3.73. The van der Waals surface area contributed by atoms with Crippen molar-refractivity contribution in [1.82, 2.24) is 5.32 Å². The molecule has 1 nitrogen and oxygen atoms in total. The van der Waals surface area contributed by atoms with Gasteiger partial charge in [0.2, 0.25) is 0 Å². The number of benzene rings is 1. The average molecular weight is 255 g/mol. The summed E-state index contributed by atoms with van der Waals surface area (Å²) < 4.78 is 0. The summed E-state index contributed by atoms with van der Waals surface area (Å²) >= 11 is 1.82.